The number of halogens is 1. The maximum Gasteiger partial charge on any atom is 0.253 e. The van der Waals surface area contributed by atoms with E-state index in [1.165, 1.54) is 0 Å². The molecular formula is C17H15ClN4O. The Morgan fingerprint density at radius 1 is 1.04 bits per heavy atom. The maximum absolute atomic E-state index is 11.9. The van der Waals surface area contributed by atoms with Gasteiger partial charge in [-0.2, -0.15) is 4.98 Å². The Morgan fingerprint density at radius 2 is 1.74 bits per heavy atom. The number of hydrogen-bond acceptors (Lipinski definition) is 4. The van der Waals surface area contributed by atoms with Gasteiger partial charge in [0, 0.05) is 30.7 Å². The first kappa shape index (κ1) is 15.2. The summed E-state index contributed by atoms with van der Waals surface area (Å²) in [5, 5.41) is 4.29. The maximum atomic E-state index is 11.9. The number of para-hydroxylation sites is 1. The summed E-state index contributed by atoms with van der Waals surface area (Å²) in [5.74, 6) is 0.597. The number of benzene rings is 2. The number of carbonyl (C=O) groups excluding carboxylic acids is 1. The van der Waals surface area contributed by atoms with Gasteiger partial charge in [-0.1, -0.05) is 12.1 Å². The largest absolute Gasteiger partial charge is 0.345 e. The van der Waals surface area contributed by atoms with E-state index in [9.17, 15) is 4.79 Å². The number of anilines is 2. The lowest BCUT2D eigenvalue weighted by atomic mass is 10.2. The predicted molar refractivity (Wildman–Crippen MR) is 92.3 cm³/mol. The average molecular weight is 327 g/mol. The van der Waals surface area contributed by atoms with Gasteiger partial charge in [0.05, 0.1) is 5.52 Å². The molecule has 0 aliphatic heterocycles. The van der Waals surface area contributed by atoms with Gasteiger partial charge >= 0.3 is 0 Å². The van der Waals surface area contributed by atoms with E-state index in [-0.39, 0.29) is 11.2 Å². The van der Waals surface area contributed by atoms with Crippen LogP contribution in [-0.2, 0) is 0 Å². The summed E-state index contributed by atoms with van der Waals surface area (Å²) in [6.45, 7) is 0. The average Bonchev–Trinajstić information content (AvgIpc) is 2.54. The number of rotatable bonds is 3. The molecule has 0 bridgehead atoms. The first-order chi connectivity index (χ1) is 11.0. The molecule has 3 rings (SSSR count). The predicted octanol–water partition coefficient (Wildman–Crippen LogP) is 3.73. The van der Waals surface area contributed by atoms with Crippen LogP contribution in [0.1, 0.15) is 10.4 Å². The first-order valence-electron chi connectivity index (χ1n) is 7.05. The van der Waals surface area contributed by atoms with Crippen molar-refractivity contribution in [3.8, 4) is 0 Å². The van der Waals surface area contributed by atoms with Crippen LogP contribution in [0.4, 0.5) is 11.5 Å². The topological polar surface area (TPSA) is 58.1 Å². The zero-order chi connectivity index (χ0) is 16.4. The third-order valence-electron chi connectivity index (χ3n) is 3.38. The molecule has 0 fully saturated rings. The Hall–Kier alpha value is -2.66. The molecule has 0 radical (unpaired) electrons. The molecule has 0 spiro atoms. The first-order valence-corrected chi connectivity index (χ1v) is 7.43. The Labute approximate surface area is 138 Å². The molecular weight excluding hydrogens is 312 g/mol. The van der Waals surface area contributed by atoms with E-state index in [1.807, 2.05) is 36.4 Å². The number of aromatic nitrogens is 2. The second kappa shape index (κ2) is 6.22. The normalized spacial score (nSPS) is 10.6. The van der Waals surface area contributed by atoms with Gasteiger partial charge < -0.3 is 10.2 Å². The fourth-order valence-corrected chi connectivity index (χ4v) is 2.41. The van der Waals surface area contributed by atoms with Crippen LogP contribution in [0, 0.1) is 0 Å². The van der Waals surface area contributed by atoms with Crippen molar-refractivity contribution in [2.45, 2.75) is 0 Å². The molecule has 23 heavy (non-hydrogen) atoms. The highest BCUT2D eigenvalue weighted by atomic mass is 35.5. The van der Waals surface area contributed by atoms with E-state index in [2.05, 4.69) is 15.3 Å². The number of fused-ring (bicyclic) bond motifs is 1. The van der Waals surface area contributed by atoms with Crippen LogP contribution < -0.4 is 5.32 Å². The quantitative estimate of drug-likeness (QED) is 0.745. The molecule has 0 aliphatic carbocycles. The number of hydrogen-bond donors (Lipinski definition) is 1. The van der Waals surface area contributed by atoms with E-state index in [0.29, 0.717) is 11.4 Å². The van der Waals surface area contributed by atoms with Crippen LogP contribution in [0.15, 0.2) is 48.5 Å². The highest BCUT2D eigenvalue weighted by molar-refractivity contribution is 6.28. The minimum Gasteiger partial charge on any atom is -0.345 e. The van der Waals surface area contributed by atoms with Gasteiger partial charge in [0.25, 0.3) is 5.91 Å². The molecule has 0 saturated carbocycles. The standard InChI is InChI=1S/C17H15ClN4O/c1-22(2)16(23)11-7-9-12(10-8-11)19-15-13-5-3-4-6-14(13)20-17(18)21-15/h3-10H,1-2H3,(H,19,20,21). The zero-order valence-electron chi connectivity index (χ0n) is 12.7. The van der Waals surface area contributed by atoms with Gasteiger partial charge in [0.15, 0.2) is 0 Å². The summed E-state index contributed by atoms with van der Waals surface area (Å²) in [6, 6.07) is 14.8. The summed E-state index contributed by atoms with van der Waals surface area (Å²) in [7, 11) is 3.45. The van der Waals surface area contributed by atoms with Crippen molar-refractivity contribution in [1.82, 2.24) is 14.9 Å². The molecule has 1 aromatic heterocycles. The number of nitrogens with zero attached hydrogens (tertiary/aromatic N) is 3. The SMILES string of the molecule is CN(C)C(=O)c1ccc(Nc2nc(Cl)nc3ccccc23)cc1. The van der Waals surface area contributed by atoms with Gasteiger partial charge in [-0.05, 0) is 48.0 Å². The van der Waals surface area contributed by atoms with Gasteiger partial charge in [-0.3, -0.25) is 4.79 Å². The van der Waals surface area contributed by atoms with Crippen LogP contribution in [0.25, 0.3) is 10.9 Å². The monoisotopic (exact) mass is 326 g/mol. The van der Waals surface area contributed by atoms with E-state index in [0.717, 1.165) is 16.6 Å². The highest BCUT2D eigenvalue weighted by Gasteiger charge is 2.09. The molecule has 0 atom stereocenters. The summed E-state index contributed by atoms with van der Waals surface area (Å²) in [5.41, 5.74) is 2.22. The minimum absolute atomic E-state index is 0.0351. The third-order valence-corrected chi connectivity index (χ3v) is 3.55. The molecule has 3 aromatic rings. The molecule has 116 valence electrons. The molecule has 0 unspecified atom stereocenters. The molecule has 1 amide bonds. The summed E-state index contributed by atoms with van der Waals surface area (Å²) >= 11 is 5.98. The van der Waals surface area contributed by atoms with Gasteiger partial charge in [-0.25, -0.2) is 4.98 Å². The van der Waals surface area contributed by atoms with Crippen LogP contribution in [0.2, 0.25) is 5.28 Å². The van der Waals surface area contributed by atoms with Crippen molar-refractivity contribution in [3.63, 3.8) is 0 Å². The van der Waals surface area contributed by atoms with Gasteiger partial charge in [-0.15, -0.1) is 0 Å². The Kier molecular flexibility index (Phi) is 4.12. The molecule has 1 N–H and O–H groups in total. The van der Waals surface area contributed by atoms with Crippen LogP contribution >= 0.6 is 11.6 Å². The van der Waals surface area contributed by atoms with E-state index in [4.69, 9.17) is 11.6 Å². The molecule has 6 heteroatoms. The molecule has 0 saturated heterocycles. The second-order valence-corrected chi connectivity index (χ2v) is 5.60. The lowest BCUT2D eigenvalue weighted by Crippen LogP contribution is -2.21. The summed E-state index contributed by atoms with van der Waals surface area (Å²) < 4.78 is 0. The van der Waals surface area contributed by atoms with Crippen LogP contribution in [0.3, 0.4) is 0 Å². The highest BCUT2D eigenvalue weighted by Crippen LogP contribution is 2.25. The summed E-state index contributed by atoms with van der Waals surface area (Å²) in [6.07, 6.45) is 0. The second-order valence-electron chi connectivity index (χ2n) is 5.26. The van der Waals surface area contributed by atoms with Crippen LogP contribution in [0.5, 0.6) is 0 Å². The number of nitrogens with one attached hydrogen (secondary N) is 1. The van der Waals surface area contributed by atoms with Gasteiger partial charge in [0.2, 0.25) is 5.28 Å². The van der Waals surface area contributed by atoms with E-state index < -0.39 is 0 Å². The van der Waals surface area contributed by atoms with Crippen molar-refractivity contribution in [1.29, 1.82) is 0 Å². The minimum atomic E-state index is -0.0351. The van der Waals surface area contributed by atoms with Gasteiger partial charge in [0.1, 0.15) is 5.82 Å². The molecule has 0 aliphatic rings. The van der Waals surface area contributed by atoms with Crippen molar-refractivity contribution in [2.75, 3.05) is 19.4 Å². The van der Waals surface area contributed by atoms with Crippen molar-refractivity contribution in [3.05, 3.63) is 59.4 Å². The number of carbonyl (C=O) groups is 1. The third kappa shape index (κ3) is 3.24. The Balaban J connectivity index is 1.92. The fourth-order valence-electron chi connectivity index (χ4n) is 2.23. The van der Waals surface area contributed by atoms with Crippen LogP contribution in [-0.4, -0.2) is 34.9 Å². The lowest BCUT2D eigenvalue weighted by molar-refractivity contribution is 0.0827. The smallest absolute Gasteiger partial charge is 0.253 e. The van der Waals surface area contributed by atoms with E-state index in [1.54, 1.807) is 31.1 Å². The molecule has 1 heterocycles. The van der Waals surface area contributed by atoms with Crippen molar-refractivity contribution in [2.24, 2.45) is 0 Å². The lowest BCUT2D eigenvalue weighted by Gasteiger charge is -2.12. The Morgan fingerprint density at radius 3 is 2.43 bits per heavy atom. The molecule has 5 nitrogen and oxygen atoms in total. The molecule has 2 aromatic carbocycles. The van der Waals surface area contributed by atoms with Crippen molar-refractivity contribution >= 4 is 39.9 Å². The van der Waals surface area contributed by atoms with Crippen molar-refractivity contribution < 1.29 is 4.79 Å². The number of amides is 1. The summed E-state index contributed by atoms with van der Waals surface area (Å²) in [4.78, 5) is 21.9. The zero-order valence-corrected chi connectivity index (χ0v) is 13.5. The Bertz CT molecular complexity index is 862. The fraction of sp³-hybridized carbons (Fsp3) is 0.118. The van der Waals surface area contributed by atoms with E-state index >= 15 is 0 Å².